The molecule has 5 aliphatic heterocycles. The van der Waals surface area contributed by atoms with Crippen molar-refractivity contribution in [3.05, 3.63) is 84.4 Å². The summed E-state index contributed by atoms with van der Waals surface area (Å²) < 4.78 is 23.6. The van der Waals surface area contributed by atoms with Crippen molar-refractivity contribution in [3.63, 3.8) is 0 Å². The second-order valence-electron chi connectivity index (χ2n) is 15.6. The van der Waals surface area contributed by atoms with E-state index >= 15 is 8.90 Å². The quantitative estimate of drug-likeness (QED) is 0.247. The number of nitrogens with zero attached hydrogens (tertiary/aromatic N) is 4. The number of hydrogen-bond donors (Lipinski definition) is 2. The number of anilines is 4. The van der Waals surface area contributed by atoms with Crippen LogP contribution in [0.3, 0.4) is 0 Å². The van der Waals surface area contributed by atoms with Crippen molar-refractivity contribution in [1.29, 1.82) is 0 Å². The molecule has 0 aromatic heterocycles. The van der Waals surface area contributed by atoms with Crippen LogP contribution in [0.4, 0.5) is 26.9 Å². The Hall–Kier alpha value is -4.10. The van der Waals surface area contributed by atoms with E-state index in [-0.39, 0.29) is 36.8 Å². The molecule has 8 rings (SSSR count). The third-order valence-corrected chi connectivity index (χ3v) is 14.9. The minimum Gasteiger partial charge on any atom is -0.394 e. The fourth-order valence-corrected chi connectivity index (χ4v) is 12.5. The molecule has 0 unspecified atom stereocenters. The number of nitrogens with one attached hydrogen (secondary N) is 1. The maximum Gasteiger partial charge on any atom is 0.268 e. The summed E-state index contributed by atoms with van der Waals surface area (Å²) >= 11 is 0. The minimum atomic E-state index is -3.54. The van der Waals surface area contributed by atoms with E-state index in [1.54, 1.807) is 22.9 Å². The fraction of sp³-hybridized carbons (Fsp3) is 0.475. The number of ether oxygens (including phenoxy) is 1. The maximum absolute atomic E-state index is 16.6. The lowest BCUT2D eigenvalue weighted by atomic mass is 9.82. The van der Waals surface area contributed by atoms with Gasteiger partial charge in [-0.05, 0) is 94.3 Å². The number of benzene rings is 3. The average Bonchev–Trinajstić information content (AvgIpc) is 3.88. The number of para-hydroxylation sites is 2. The summed E-state index contributed by atoms with van der Waals surface area (Å²) in [5.41, 5.74) is 0.533. The molecule has 10 nitrogen and oxygen atoms in total. The molecule has 0 aliphatic carbocycles. The molecule has 274 valence electrons. The third-order valence-electron chi connectivity index (χ3n) is 12.4. The van der Waals surface area contributed by atoms with Gasteiger partial charge in [-0.15, -0.1) is 0 Å². The van der Waals surface area contributed by atoms with E-state index in [1.165, 1.54) is 0 Å². The van der Waals surface area contributed by atoms with Crippen molar-refractivity contribution in [1.82, 2.24) is 10.2 Å². The molecule has 5 aliphatic rings. The van der Waals surface area contributed by atoms with E-state index in [0.717, 1.165) is 31.6 Å². The summed E-state index contributed by atoms with van der Waals surface area (Å²) in [6.07, 6.45) is 1.92. The number of aliphatic hydroxyl groups is 1. The topological polar surface area (TPSA) is 106 Å². The van der Waals surface area contributed by atoms with Gasteiger partial charge in [-0.1, -0.05) is 43.3 Å². The van der Waals surface area contributed by atoms with Crippen LogP contribution in [0.2, 0.25) is 18.6 Å². The van der Waals surface area contributed by atoms with Crippen LogP contribution in [-0.2, 0) is 24.7 Å². The van der Waals surface area contributed by atoms with Crippen LogP contribution in [0.5, 0.6) is 0 Å². The molecule has 3 amide bonds. The van der Waals surface area contributed by atoms with Gasteiger partial charge in [-0.3, -0.25) is 24.2 Å². The highest BCUT2D eigenvalue weighted by Crippen LogP contribution is 2.62. The fourth-order valence-electron chi connectivity index (χ4n) is 9.97. The van der Waals surface area contributed by atoms with Crippen LogP contribution in [0.15, 0.2) is 78.9 Å². The van der Waals surface area contributed by atoms with Crippen molar-refractivity contribution in [2.24, 2.45) is 5.92 Å². The minimum absolute atomic E-state index is 0.0131. The number of hydrogen-bond acceptors (Lipinski definition) is 7. The molecule has 3 aromatic carbocycles. The molecule has 2 spiro atoms. The Morgan fingerprint density at radius 2 is 1.63 bits per heavy atom. The van der Waals surface area contributed by atoms with Crippen LogP contribution in [-0.4, -0.2) is 86.7 Å². The number of amides is 3. The molecule has 2 N–H and O–H groups in total. The van der Waals surface area contributed by atoms with Gasteiger partial charge in [0.15, 0.2) is 5.60 Å². The standard InChI is InChI=1S/C40H48FN5O5Si/c1-27-36(52(2,3)41)34(24-35(48)43-22-10-15-31(43)25-47)51-40(27)32-23-30(16-17-33(32)46(38(40)50)29-13-8-5-9-14-29)44-26-45(28-11-6-4-7-12-28)39(37(44)49)18-20-42-21-19-39/h4-9,11-14,16-17,23,27,31,34,36,42,47H,10,15,18-22,24-26H2,1-3H3/t27-,31+,34+,36-,40+/m1/s1. The highest BCUT2D eigenvalue weighted by Gasteiger charge is 2.67. The highest BCUT2D eigenvalue weighted by molar-refractivity contribution is 6.72. The number of likely N-dealkylation sites (tertiary alicyclic amines) is 1. The highest BCUT2D eigenvalue weighted by atomic mass is 28.4. The van der Waals surface area contributed by atoms with E-state index < -0.39 is 37.1 Å². The zero-order valence-corrected chi connectivity index (χ0v) is 31.1. The third kappa shape index (κ3) is 5.32. The van der Waals surface area contributed by atoms with Crippen LogP contribution >= 0.6 is 0 Å². The molecule has 0 radical (unpaired) electrons. The Balaban J connectivity index is 1.23. The lowest BCUT2D eigenvalue weighted by Crippen LogP contribution is -2.55. The average molecular weight is 726 g/mol. The van der Waals surface area contributed by atoms with E-state index in [2.05, 4.69) is 10.2 Å². The Bertz CT molecular complexity index is 1850. The molecule has 4 fully saturated rings. The maximum atomic E-state index is 16.6. The van der Waals surface area contributed by atoms with Gasteiger partial charge in [0.2, 0.25) is 14.3 Å². The zero-order chi connectivity index (χ0) is 36.4. The molecule has 5 atom stereocenters. The smallest absolute Gasteiger partial charge is 0.268 e. The summed E-state index contributed by atoms with van der Waals surface area (Å²) in [5, 5.41) is 13.4. The van der Waals surface area contributed by atoms with Crippen LogP contribution in [0, 0.1) is 5.92 Å². The molecule has 4 saturated heterocycles. The summed E-state index contributed by atoms with van der Waals surface area (Å²) in [4.78, 5) is 50.9. The molecule has 0 bridgehead atoms. The molecule has 12 heteroatoms. The molecule has 5 heterocycles. The van der Waals surface area contributed by atoms with Crippen molar-refractivity contribution < 1.29 is 28.3 Å². The molecule has 0 saturated carbocycles. The number of piperidine rings is 1. The second-order valence-corrected chi connectivity index (χ2v) is 19.4. The lowest BCUT2D eigenvalue weighted by molar-refractivity contribution is -0.149. The number of carbonyl (C=O) groups is 3. The van der Waals surface area contributed by atoms with E-state index in [9.17, 15) is 14.7 Å². The second kappa shape index (κ2) is 13.1. The molecule has 3 aromatic rings. The van der Waals surface area contributed by atoms with Gasteiger partial charge in [0, 0.05) is 40.6 Å². The first kappa shape index (κ1) is 35.0. The predicted molar refractivity (Wildman–Crippen MR) is 201 cm³/mol. The van der Waals surface area contributed by atoms with E-state index in [4.69, 9.17) is 4.74 Å². The van der Waals surface area contributed by atoms with E-state index in [1.807, 2.05) is 90.7 Å². The Morgan fingerprint density at radius 3 is 2.29 bits per heavy atom. The summed E-state index contributed by atoms with van der Waals surface area (Å²) in [5.74, 6) is -1.10. The molecular weight excluding hydrogens is 678 g/mol. The summed E-state index contributed by atoms with van der Waals surface area (Å²) in [6, 6.07) is 24.8. The number of halogens is 1. The predicted octanol–water partition coefficient (Wildman–Crippen LogP) is 5.45. The lowest BCUT2D eigenvalue weighted by Gasteiger charge is -2.39. The van der Waals surface area contributed by atoms with Gasteiger partial charge < -0.3 is 29.1 Å². The van der Waals surface area contributed by atoms with E-state index in [0.29, 0.717) is 48.7 Å². The van der Waals surface area contributed by atoms with Gasteiger partial charge in [0.1, 0.15) is 5.54 Å². The number of carbonyl (C=O) groups excluding carboxylic acids is 3. The first-order valence-corrected chi connectivity index (χ1v) is 21.6. The van der Waals surface area contributed by atoms with Gasteiger partial charge in [-0.25, -0.2) is 0 Å². The van der Waals surface area contributed by atoms with Crippen molar-refractivity contribution in [3.8, 4) is 0 Å². The normalized spacial score (nSPS) is 28.5. The Kier molecular flexibility index (Phi) is 8.79. The largest absolute Gasteiger partial charge is 0.394 e. The first-order valence-electron chi connectivity index (χ1n) is 18.7. The van der Waals surface area contributed by atoms with Gasteiger partial charge in [0.25, 0.3) is 11.8 Å². The van der Waals surface area contributed by atoms with Gasteiger partial charge >= 0.3 is 0 Å². The van der Waals surface area contributed by atoms with Crippen LogP contribution < -0.4 is 20.0 Å². The Labute approximate surface area is 305 Å². The van der Waals surface area contributed by atoms with Crippen molar-refractivity contribution in [2.75, 3.05) is 47.6 Å². The van der Waals surface area contributed by atoms with Gasteiger partial charge in [0.05, 0.1) is 37.5 Å². The number of fused-ring (bicyclic) bond motifs is 2. The Morgan fingerprint density at radius 1 is 0.962 bits per heavy atom. The summed E-state index contributed by atoms with van der Waals surface area (Å²) in [6.45, 7) is 7.35. The van der Waals surface area contributed by atoms with Gasteiger partial charge in [-0.2, -0.15) is 0 Å². The van der Waals surface area contributed by atoms with Crippen LogP contribution in [0.25, 0.3) is 0 Å². The number of aliphatic hydroxyl groups excluding tert-OH is 1. The number of rotatable bonds is 7. The van der Waals surface area contributed by atoms with Crippen molar-refractivity contribution >= 4 is 48.9 Å². The monoisotopic (exact) mass is 725 g/mol. The molecular formula is C40H48FN5O5Si. The SMILES string of the molecule is C[C@@H]1[C@@H]([Si](C)(C)F)[C@H](CC(=O)N2CCC[C@H]2CO)O[C@@]12C(=O)N(c1ccccc1)c1ccc(N3CN(c4ccccc4)C4(CCNCC4)C3=O)cc12. The van der Waals surface area contributed by atoms with Crippen molar-refractivity contribution in [2.45, 2.75) is 80.9 Å². The summed E-state index contributed by atoms with van der Waals surface area (Å²) in [7, 11) is -3.54. The molecule has 52 heavy (non-hydrogen) atoms. The zero-order valence-electron chi connectivity index (χ0n) is 30.1. The first-order chi connectivity index (χ1) is 25.0. The van der Waals surface area contributed by atoms with Crippen LogP contribution in [0.1, 0.15) is 44.6 Å².